The van der Waals surface area contributed by atoms with Gasteiger partial charge in [-0.05, 0) is 18.2 Å². The Morgan fingerprint density at radius 3 is 2.43 bits per heavy atom. The van der Waals surface area contributed by atoms with Crippen LogP contribution in [0.4, 0.5) is 20.2 Å². The van der Waals surface area contributed by atoms with Crippen molar-refractivity contribution in [2.45, 2.75) is 6.61 Å². The number of nitrogens with two attached hydrogens (primary N) is 1. The van der Waals surface area contributed by atoms with Crippen molar-refractivity contribution < 1.29 is 13.5 Å². The Morgan fingerprint density at radius 1 is 1.24 bits per heavy atom. The lowest BCUT2D eigenvalue weighted by Crippen LogP contribution is -2.11. The van der Waals surface area contributed by atoms with Gasteiger partial charge >= 0.3 is 0 Å². The van der Waals surface area contributed by atoms with Crippen molar-refractivity contribution in [1.29, 1.82) is 0 Å². The molecule has 0 radical (unpaired) electrons. The van der Waals surface area contributed by atoms with Crippen LogP contribution in [-0.4, -0.2) is 12.1 Å². The summed E-state index contributed by atoms with van der Waals surface area (Å²) in [6.45, 7) is 0.331. The first-order valence-electron chi connectivity index (χ1n) is 6.15. The van der Waals surface area contributed by atoms with E-state index in [1.54, 1.807) is 19.2 Å². The Kier molecular flexibility index (Phi) is 4.82. The fourth-order valence-electron chi connectivity index (χ4n) is 1.89. The molecular weight excluding hydrogens is 294 g/mol. The summed E-state index contributed by atoms with van der Waals surface area (Å²) in [6.07, 6.45) is 0. The lowest BCUT2D eigenvalue weighted by atomic mass is 10.1. The summed E-state index contributed by atoms with van der Waals surface area (Å²) < 4.78 is 33.1. The second kappa shape index (κ2) is 6.60. The van der Waals surface area contributed by atoms with Crippen molar-refractivity contribution >= 4 is 28.6 Å². The third-order valence-corrected chi connectivity index (χ3v) is 3.14. The molecular formula is C15H14F2N2OS. The summed E-state index contributed by atoms with van der Waals surface area (Å²) >= 11 is 4.72. The van der Waals surface area contributed by atoms with Crippen molar-refractivity contribution in [2.24, 2.45) is 5.73 Å². The summed E-state index contributed by atoms with van der Waals surface area (Å²) in [7, 11) is 1.55. The molecule has 110 valence electrons. The maximum absolute atomic E-state index is 14.0. The van der Waals surface area contributed by atoms with E-state index in [0.717, 1.165) is 17.7 Å². The van der Waals surface area contributed by atoms with Gasteiger partial charge in [-0.1, -0.05) is 30.4 Å². The van der Waals surface area contributed by atoms with Crippen molar-refractivity contribution in [3.63, 3.8) is 0 Å². The van der Waals surface area contributed by atoms with Gasteiger partial charge in [0.2, 0.25) is 0 Å². The van der Waals surface area contributed by atoms with Crippen LogP contribution in [0.1, 0.15) is 11.1 Å². The number of rotatable bonds is 5. The van der Waals surface area contributed by atoms with Gasteiger partial charge in [-0.15, -0.1) is 0 Å². The smallest absolute Gasteiger partial charge is 0.150 e. The number of benzene rings is 2. The topological polar surface area (TPSA) is 47.3 Å². The first-order chi connectivity index (χ1) is 10.0. The molecule has 0 aliphatic rings. The van der Waals surface area contributed by atoms with E-state index in [1.165, 1.54) is 0 Å². The van der Waals surface area contributed by atoms with Gasteiger partial charge in [0, 0.05) is 23.9 Å². The van der Waals surface area contributed by atoms with E-state index in [2.05, 4.69) is 5.32 Å². The molecule has 3 nitrogen and oxygen atoms in total. The van der Waals surface area contributed by atoms with E-state index in [0.29, 0.717) is 12.3 Å². The molecule has 0 aliphatic heterocycles. The van der Waals surface area contributed by atoms with E-state index >= 15 is 0 Å². The van der Waals surface area contributed by atoms with Crippen LogP contribution >= 0.6 is 12.2 Å². The highest BCUT2D eigenvalue weighted by Crippen LogP contribution is 2.27. The highest BCUT2D eigenvalue weighted by Gasteiger charge is 2.14. The number of hydrogen-bond donors (Lipinski definition) is 2. The zero-order valence-corrected chi connectivity index (χ0v) is 12.1. The van der Waals surface area contributed by atoms with E-state index in [-0.39, 0.29) is 16.2 Å². The Labute approximate surface area is 126 Å². The van der Waals surface area contributed by atoms with Gasteiger partial charge in [-0.2, -0.15) is 0 Å². The molecule has 21 heavy (non-hydrogen) atoms. The molecule has 0 aromatic heterocycles. The maximum atomic E-state index is 14.0. The maximum Gasteiger partial charge on any atom is 0.150 e. The number of nitrogens with one attached hydrogen (secondary N) is 1. The predicted octanol–water partition coefficient (Wildman–Crippen LogP) is 3.49. The highest BCUT2D eigenvalue weighted by molar-refractivity contribution is 7.80. The quantitative estimate of drug-likeness (QED) is 0.830. The molecule has 0 saturated carbocycles. The largest absolute Gasteiger partial charge is 0.389 e. The molecule has 6 heteroatoms. The van der Waals surface area contributed by atoms with E-state index < -0.39 is 11.6 Å². The average molecular weight is 308 g/mol. The Bertz CT molecular complexity index is 653. The fraction of sp³-hybridized carbons (Fsp3) is 0.133. The minimum Gasteiger partial charge on any atom is -0.389 e. The monoisotopic (exact) mass is 308 g/mol. The summed E-state index contributed by atoms with van der Waals surface area (Å²) in [4.78, 5) is -0.0564. The zero-order valence-electron chi connectivity index (χ0n) is 11.3. The van der Waals surface area contributed by atoms with Crippen molar-refractivity contribution in [3.05, 3.63) is 59.2 Å². The van der Waals surface area contributed by atoms with Crippen LogP contribution in [0.5, 0.6) is 0 Å². The van der Waals surface area contributed by atoms with Gasteiger partial charge in [0.15, 0.2) is 0 Å². The Morgan fingerprint density at radius 2 is 1.86 bits per heavy atom. The number of thiocarbonyl (C=S) groups is 1. The molecule has 3 N–H and O–H groups in total. The number of para-hydroxylation sites is 1. The summed E-state index contributed by atoms with van der Waals surface area (Å²) in [5.41, 5.74) is 6.64. The van der Waals surface area contributed by atoms with E-state index in [4.69, 9.17) is 22.7 Å². The van der Waals surface area contributed by atoms with Crippen LogP contribution in [0.15, 0.2) is 36.4 Å². The minimum atomic E-state index is -0.759. The van der Waals surface area contributed by atoms with Gasteiger partial charge in [0.1, 0.15) is 22.3 Å². The van der Waals surface area contributed by atoms with Gasteiger partial charge in [0.25, 0.3) is 0 Å². The Hall–Kier alpha value is -2.05. The van der Waals surface area contributed by atoms with Crippen LogP contribution in [-0.2, 0) is 11.3 Å². The first-order valence-corrected chi connectivity index (χ1v) is 6.56. The molecule has 0 saturated heterocycles. The zero-order chi connectivity index (χ0) is 15.4. The molecule has 0 bridgehead atoms. The summed E-state index contributed by atoms with van der Waals surface area (Å²) in [6, 6.07) is 9.32. The SMILES string of the molecule is COCc1ccccc1Nc1c(F)cc(C(N)=S)cc1F. The van der Waals surface area contributed by atoms with Crippen molar-refractivity contribution in [1.82, 2.24) is 0 Å². The molecule has 0 fully saturated rings. The molecule has 0 aliphatic carbocycles. The lowest BCUT2D eigenvalue weighted by molar-refractivity contribution is 0.185. The average Bonchev–Trinajstić information content (AvgIpc) is 2.44. The third kappa shape index (κ3) is 3.53. The molecule has 0 atom stereocenters. The lowest BCUT2D eigenvalue weighted by Gasteiger charge is -2.13. The summed E-state index contributed by atoms with van der Waals surface area (Å²) in [5.74, 6) is -1.52. The molecule has 0 heterocycles. The number of hydrogen-bond acceptors (Lipinski definition) is 3. The fourth-order valence-corrected chi connectivity index (χ4v) is 2.01. The molecule has 2 aromatic rings. The van der Waals surface area contributed by atoms with Crippen molar-refractivity contribution in [3.8, 4) is 0 Å². The second-order valence-corrected chi connectivity index (χ2v) is 4.83. The standard InChI is InChI=1S/C15H14F2N2OS/c1-20-8-9-4-2-3-5-13(9)19-14-11(16)6-10(15(18)21)7-12(14)17/h2-7,19H,8H2,1H3,(H2,18,21). The normalized spacial score (nSPS) is 10.4. The van der Waals surface area contributed by atoms with Gasteiger partial charge in [-0.3, -0.25) is 0 Å². The third-order valence-electron chi connectivity index (χ3n) is 2.90. The van der Waals surface area contributed by atoms with Crippen molar-refractivity contribution in [2.75, 3.05) is 12.4 Å². The van der Waals surface area contributed by atoms with Crippen LogP contribution in [0.25, 0.3) is 0 Å². The molecule has 0 unspecified atom stereocenters. The predicted molar refractivity (Wildman–Crippen MR) is 82.7 cm³/mol. The minimum absolute atomic E-state index is 0.0564. The number of anilines is 2. The van der Waals surface area contributed by atoms with E-state index in [1.807, 2.05) is 12.1 Å². The second-order valence-electron chi connectivity index (χ2n) is 4.39. The van der Waals surface area contributed by atoms with Crippen LogP contribution < -0.4 is 11.1 Å². The van der Waals surface area contributed by atoms with E-state index in [9.17, 15) is 8.78 Å². The highest BCUT2D eigenvalue weighted by atomic mass is 32.1. The van der Waals surface area contributed by atoms with Crippen LogP contribution in [0.2, 0.25) is 0 Å². The van der Waals surface area contributed by atoms with Gasteiger partial charge in [0.05, 0.1) is 6.61 Å². The van der Waals surface area contributed by atoms with Crippen LogP contribution in [0, 0.1) is 11.6 Å². The van der Waals surface area contributed by atoms with Gasteiger partial charge in [-0.25, -0.2) is 8.78 Å². The Balaban J connectivity index is 2.38. The number of halogens is 2. The van der Waals surface area contributed by atoms with Crippen LogP contribution in [0.3, 0.4) is 0 Å². The molecule has 0 spiro atoms. The molecule has 2 aromatic carbocycles. The summed E-state index contributed by atoms with van der Waals surface area (Å²) in [5, 5.41) is 2.75. The molecule has 0 amide bonds. The number of methoxy groups -OCH3 is 1. The molecule has 2 rings (SSSR count). The first kappa shape index (κ1) is 15.3. The van der Waals surface area contributed by atoms with Gasteiger partial charge < -0.3 is 15.8 Å². The number of ether oxygens (including phenoxy) is 1.